The van der Waals surface area contributed by atoms with Crippen LogP contribution in [0, 0.1) is 5.92 Å². The molecule has 118 valence electrons. The van der Waals surface area contributed by atoms with Gasteiger partial charge in [-0.3, -0.25) is 4.90 Å². The molecule has 0 amide bonds. The van der Waals surface area contributed by atoms with Gasteiger partial charge < -0.3 is 5.32 Å². The molecule has 3 rings (SSSR count). The van der Waals surface area contributed by atoms with Crippen molar-refractivity contribution in [1.29, 1.82) is 0 Å². The summed E-state index contributed by atoms with van der Waals surface area (Å²) in [6, 6.07) is 4.33. The fraction of sp³-hybridized carbons (Fsp3) is 0.778. The molecule has 1 N–H and O–H groups in total. The minimum atomic E-state index is 0.655. The molecule has 1 saturated carbocycles. The number of piperazine rings is 1. The van der Waals surface area contributed by atoms with Crippen molar-refractivity contribution < 1.29 is 0 Å². The highest BCUT2D eigenvalue weighted by molar-refractivity contribution is 7.07. The van der Waals surface area contributed by atoms with E-state index in [1.165, 1.54) is 50.6 Å². The molecule has 2 fully saturated rings. The van der Waals surface area contributed by atoms with Crippen LogP contribution in [0.4, 0.5) is 0 Å². The lowest BCUT2D eigenvalue weighted by molar-refractivity contribution is 0.0721. The smallest absolute Gasteiger partial charge is 0.0224 e. The summed E-state index contributed by atoms with van der Waals surface area (Å²) in [5.74, 6) is 0.919. The van der Waals surface area contributed by atoms with E-state index in [0.29, 0.717) is 12.1 Å². The van der Waals surface area contributed by atoms with Gasteiger partial charge in [0.25, 0.3) is 0 Å². The second-order valence-corrected chi connectivity index (χ2v) is 7.92. The average molecular weight is 307 g/mol. The summed E-state index contributed by atoms with van der Waals surface area (Å²) >= 11 is 1.82. The van der Waals surface area contributed by atoms with Crippen LogP contribution < -0.4 is 5.32 Å². The Morgan fingerprint density at radius 1 is 1.33 bits per heavy atom. The first-order valence-electron chi connectivity index (χ1n) is 8.74. The largest absolute Gasteiger partial charge is 0.311 e. The lowest BCUT2D eigenvalue weighted by atomic mass is 9.82. The van der Waals surface area contributed by atoms with Gasteiger partial charge in [-0.15, -0.1) is 0 Å². The van der Waals surface area contributed by atoms with Crippen LogP contribution in [0.1, 0.15) is 51.5 Å². The second-order valence-electron chi connectivity index (χ2n) is 7.14. The monoisotopic (exact) mass is 306 g/mol. The van der Waals surface area contributed by atoms with Crippen LogP contribution in [0.3, 0.4) is 0 Å². The highest BCUT2D eigenvalue weighted by Gasteiger charge is 2.33. The number of nitrogens with one attached hydrogen (secondary N) is 1. The predicted molar refractivity (Wildman–Crippen MR) is 92.0 cm³/mol. The maximum absolute atomic E-state index is 3.84. The first kappa shape index (κ1) is 15.5. The van der Waals surface area contributed by atoms with E-state index in [1.807, 2.05) is 11.3 Å². The molecule has 21 heavy (non-hydrogen) atoms. The van der Waals surface area contributed by atoms with Gasteiger partial charge in [0, 0.05) is 31.2 Å². The van der Waals surface area contributed by atoms with Crippen molar-refractivity contribution in [3.8, 4) is 0 Å². The van der Waals surface area contributed by atoms with Crippen molar-refractivity contribution in [2.45, 2.75) is 70.5 Å². The van der Waals surface area contributed by atoms with Crippen molar-refractivity contribution in [3.63, 3.8) is 0 Å². The van der Waals surface area contributed by atoms with Crippen molar-refractivity contribution >= 4 is 11.3 Å². The molecule has 2 aliphatic rings. The number of thiophene rings is 1. The van der Waals surface area contributed by atoms with E-state index in [9.17, 15) is 0 Å². The molecule has 1 aliphatic heterocycles. The normalized spacial score (nSPS) is 30.4. The Kier molecular flexibility index (Phi) is 5.36. The van der Waals surface area contributed by atoms with Gasteiger partial charge in [-0.2, -0.15) is 11.3 Å². The van der Waals surface area contributed by atoms with Gasteiger partial charge in [-0.1, -0.05) is 19.3 Å². The Hall–Kier alpha value is -0.380. The van der Waals surface area contributed by atoms with Crippen LogP contribution in [0.5, 0.6) is 0 Å². The SMILES string of the molecule is CC1CNC(C2CCCCC2)CN1C(C)Cc1ccsc1. The predicted octanol–water partition coefficient (Wildman–Crippen LogP) is 3.92. The number of nitrogens with zero attached hydrogens (tertiary/aromatic N) is 1. The van der Waals surface area contributed by atoms with E-state index in [2.05, 4.69) is 40.9 Å². The zero-order chi connectivity index (χ0) is 14.7. The van der Waals surface area contributed by atoms with E-state index in [-0.39, 0.29) is 0 Å². The molecular formula is C18H30N2S. The summed E-state index contributed by atoms with van der Waals surface area (Å²) in [6.45, 7) is 7.21. The van der Waals surface area contributed by atoms with Gasteiger partial charge in [0.15, 0.2) is 0 Å². The quantitative estimate of drug-likeness (QED) is 0.907. The first-order chi connectivity index (χ1) is 10.2. The molecule has 1 aromatic rings. The number of rotatable bonds is 4. The van der Waals surface area contributed by atoms with Crippen molar-refractivity contribution in [2.24, 2.45) is 5.92 Å². The van der Waals surface area contributed by atoms with Crippen molar-refractivity contribution in [1.82, 2.24) is 10.2 Å². The highest BCUT2D eigenvalue weighted by atomic mass is 32.1. The Labute approximate surface area is 133 Å². The van der Waals surface area contributed by atoms with Crippen LogP contribution in [0.25, 0.3) is 0 Å². The van der Waals surface area contributed by atoms with E-state index in [4.69, 9.17) is 0 Å². The lowest BCUT2D eigenvalue weighted by Crippen LogP contribution is -2.60. The summed E-state index contributed by atoms with van der Waals surface area (Å²) in [6.07, 6.45) is 8.44. The third-order valence-electron chi connectivity index (χ3n) is 5.55. The van der Waals surface area contributed by atoms with Crippen LogP contribution in [-0.4, -0.2) is 36.1 Å². The molecule has 1 aliphatic carbocycles. The fourth-order valence-corrected chi connectivity index (χ4v) is 4.93. The molecule has 1 aromatic heterocycles. The minimum absolute atomic E-state index is 0.655. The standard InChI is InChI=1S/C18H30N2S/c1-14(10-16-8-9-21-13-16)20-12-18(19-11-15(20)2)17-6-4-3-5-7-17/h8-9,13-15,17-19H,3-7,10-12H2,1-2H3. The highest BCUT2D eigenvalue weighted by Crippen LogP contribution is 2.29. The molecule has 3 atom stereocenters. The van der Waals surface area contributed by atoms with Gasteiger partial charge in [-0.05, 0) is 61.4 Å². The Bertz CT molecular complexity index is 411. The van der Waals surface area contributed by atoms with E-state index in [1.54, 1.807) is 0 Å². The van der Waals surface area contributed by atoms with E-state index in [0.717, 1.165) is 18.5 Å². The Morgan fingerprint density at radius 2 is 2.14 bits per heavy atom. The summed E-state index contributed by atoms with van der Waals surface area (Å²) in [7, 11) is 0. The molecule has 2 heterocycles. The van der Waals surface area contributed by atoms with Crippen LogP contribution in [0.2, 0.25) is 0 Å². The maximum atomic E-state index is 3.84. The third kappa shape index (κ3) is 3.88. The van der Waals surface area contributed by atoms with Crippen LogP contribution in [0.15, 0.2) is 16.8 Å². The summed E-state index contributed by atoms with van der Waals surface area (Å²) < 4.78 is 0. The van der Waals surface area contributed by atoms with Gasteiger partial charge >= 0.3 is 0 Å². The Balaban J connectivity index is 1.59. The van der Waals surface area contributed by atoms with Crippen LogP contribution >= 0.6 is 11.3 Å². The number of hydrogen-bond donors (Lipinski definition) is 1. The minimum Gasteiger partial charge on any atom is -0.311 e. The number of hydrogen-bond acceptors (Lipinski definition) is 3. The first-order valence-corrected chi connectivity index (χ1v) is 9.68. The molecule has 0 aromatic carbocycles. The maximum Gasteiger partial charge on any atom is 0.0224 e. The Morgan fingerprint density at radius 3 is 2.86 bits per heavy atom. The van der Waals surface area contributed by atoms with Crippen molar-refractivity contribution in [2.75, 3.05) is 13.1 Å². The van der Waals surface area contributed by atoms with Gasteiger partial charge in [-0.25, -0.2) is 0 Å². The molecular weight excluding hydrogens is 276 g/mol. The molecule has 3 heteroatoms. The molecule has 1 saturated heterocycles. The molecule has 0 bridgehead atoms. The molecule has 0 radical (unpaired) electrons. The topological polar surface area (TPSA) is 15.3 Å². The second kappa shape index (κ2) is 7.26. The van der Waals surface area contributed by atoms with Gasteiger partial charge in [0.2, 0.25) is 0 Å². The van der Waals surface area contributed by atoms with E-state index < -0.39 is 0 Å². The van der Waals surface area contributed by atoms with Gasteiger partial charge in [0.05, 0.1) is 0 Å². The third-order valence-corrected chi connectivity index (χ3v) is 6.28. The zero-order valence-electron chi connectivity index (χ0n) is 13.6. The van der Waals surface area contributed by atoms with Crippen LogP contribution in [-0.2, 0) is 6.42 Å². The molecule has 0 spiro atoms. The molecule has 2 nitrogen and oxygen atoms in total. The summed E-state index contributed by atoms with van der Waals surface area (Å²) in [5, 5.41) is 8.35. The van der Waals surface area contributed by atoms with Crippen molar-refractivity contribution in [3.05, 3.63) is 22.4 Å². The fourth-order valence-electron chi connectivity index (χ4n) is 4.24. The average Bonchev–Trinajstić information content (AvgIpc) is 3.01. The van der Waals surface area contributed by atoms with Gasteiger partial charge in [0.1, 0.15) is 0 Å². The summed E-state index contributed by atoms with van der Waals surface area (Å²) in [5.41, 5.74) is 1.51. The lowest BCUT2D eigenvalue weighted by Gasteiger charge is -2.45. The summed E-state index contributed by atoms with van der Waals surface area (Å²) in [4.78, 5) is 2.76. The zero-order valence-corrected chi connectivity index (χ0v) is 14.4. The van der Waals surface area contributed by atoms with E-state index >= 15 is 0 Å². The molecule has 3 unspecified atom stereocenters.